The van der Waals surface area contributed by atoms with Crippen molar-refractivity contribution in [1.29, 1.82) is 0 Å². The first kappa shape index (κ1) is 25.9. The van der Waals surface area contributed by atoms with E-state index in [2.05, 4.69) is 13.8 Å². The molecule has 0 aromatic rings. The summed E-state index contributed by atoms with van der Waals surface area (Å²) in [6, 6.07) is 0. The average molecular weight is 385 g/mol. The number of esters is 2. The highest BCUT2D eigenvalue weighted by molar-refractivity contribution is 5.72. The SMILES string of the molecule is CCCCCCCCOC(=O)CCCC(C)C(=O)OCCCCCCCC. The van der Waals surface area contributed by atoms with Crippen LogP contribution in [0.4, 0.5) is 0 Å². The van der Waals surface area contributed by atoms with Gasteiger partial charge < -0.3 is 9.47 Å². The molecule has 0 aromatic carbocycles. The molecule has 27 heavy (non-hydrogen) atoms. The number of carbonyl (C=O) groups excluding carboxylic acids is 2. The van der Waals surface area contributed by atoms with Crippen LogP contribution < -0.4 is 0 Å². The Kier molecular flexibility index (Phi) is 18.9. The predicted molar refractivity (Wildman–Crippen MR) is 112 cm³/mol. The molecule has 4 heteroatoms. The van der Waals surface area contributed by atoms with Crippen molar-refractivity contribution in [3.05, 3.63) is 0 Å². The highest BCUT2D eigenvalue weighted by Gasteiger charge is 2.15. The molecule has 0 amide bonds. The number of unbranched alkanes of at least 4 members (excludes halogenated alkanes) is 10. The summed E-state index contributed by atoms with van der Waals surface area (Å²) in [5.74, 6) is -0.420. The Hall–Kier alpha value is -1.06. The maximum Gasteiger partial charge on any atom is 0.308 e. The van der Waals surface area contributed by atoms with E-state index in [9.17, 15) is 9.59 Å². The summed E-state index contributed by atoms with van der Waals surface area (Å²) in [7, 11) is 0. The summed E-state index contributed by atoms with van der Waals surface area (Å²) in [6.45, 7) is 7.35. The van der Waals surface area contributed by atoms with Crippen molar-refractivity contribution in [3.63, 3.8) is 0 Å². The smallest absolute Gasteiger partial charge is 0.308 e. The number of carbonyl (C=O) groups is 2. The van der Waals surface area contributed by atoms with Crippen molar-refractivity contribution in [2.75, 3.05) is 13.2 Å². The van der Waals surface area contributed by atoms with Crippen LogP contribution >= 0.6 is 0 Å². The molecule has 0 fully saturated rings. The zero-order chi connectivity index (χ0) is 20.2. The van der Waals surface area contributed by atoms with Crippen LogP contribution in [0.1, 0.15) is 117 Å². The fourth-order valence-corrected chi connectivity index (χ4v) is 3.01. The summed E-state index contributed by atoms with van der Waals surface area (Å²) in [5, 5.41) is 0. The van der Waals surface area contributed by atoms with Gasteiger partial charge in [0.2, 0.25) is 0 Å². The molecule has 0 aliphatic carbocycles. The van der Waals surface area contributed by atoms with Gasteiger partial charge in [-0.3, -0.25) is 9.59 Å². The standard InChI is InChI=1S/C23H44O4/c1-4-6-8-10-12-14-19-26-22(24)18-16-17-21(3)23(25)27-20-15-13-11-9-7-5-2/h21H,4-20H2,1-3H3. The second-order valence-corrected chi connectivity index (χ2v) is 7.72. The molecule has 0 aliphatic heterocycles. The van der Waals surface area contributed by atoms with Crippen molar-refractivity contribution in [2.45, 2.75) is 117 Å². The maximum absolute atomic E-state index is 11.9. The van der Waals surface area contributed by atoms with Crippen LogP contribution in [0.2, 0.25) is 0 Å². The van der Waals surface area contributed by atoms with Crippen molar-refractivity contribution >= 4 is 11.9 Å². The molecule has 1 unspecified atom stereocenters. The Bertz CT molecular complexity index is 354. The van der Waals surface area contributed by atoms with Crippen LogP contribution in [0.3, 0.4) is 0 Å². The fourth-order valence-electron chi connectivity index (χ4n) is 3.01. The molecule has 0 radical (unpaired) electrons. The molecule has 0 aromatic heterocycles. The second kappa shape index (κ2) is 19.7. The van der Waals surface area contributed by atoms with Crippen LogP contribution in [0, 0.1) is 5.92 Å². The molecule has 160 valence electrons. The van der Waals surface area contributed by atoms with E-state index < -0.39 is 0 Å². The zero-order valence-electron chi connectivity index (χ0n) is 18.2. The van der Waals surface area contributed by atoms with Gasteiger partial charge in [-0.25, -0.2) is 0 Å². The Morgan fingerprint density at radius 1 is 0.667 bits per heavy atom. The van der Waals surface area contributed by atoms with Crippen molar-refractivity contribution in [1.82, 2.24) is 0 Å². The normalized spacial score (nSPS) is 12.0. The molecule has 0 saturated heterocycles. The third kappa shape index (κ3) is 18.1. The Labute approximate surface area is 167 Å². The van der Waals surface area contributed by atoms with Crippen molar-refractivity contribution < 1.29 is 19.1 Å². The quantitative estimate of drug-likeness (QED) is 0.186. The summed E-state index contributed by atoms with van der Waals surface area (Å²) < 4.78 is 10.6. The highest BCUT2D eigenvalue weighted by Crippen LogP contribution is 2.12. The van der Waals surface area contributed by atoms with Gasteiger partial charge in [-0.15, -0.1) is 0 Å². The predicted octanol–water partition coefficient (Wildman–Crippen LogP) is 6.60. The van der Waals surface area contributed by atoms with Crippen LogP contribution in [0.5, 0.6) is 0 Å². The first-order valence-corrected chi connectivity index (χ1v) is 11.4. The van der Waals surface area contributed by atoms with E-state index in [0.717, 1.165) is 25.7 Å². The van der Waals surface area contributed by atoms with Gasteiger partial charge in [0.1, 0.15) is 0 Å². The fraction of sp³-hybridized carbons (Fsp3) is 0.913. The second-order valence-electron chi connectivity index (χ2n) is 7.72. The first-order valence-electron chi connectivity index (χ1n) is 11.4. The van der Waals surface area contributed by atoms with E-state index in [4.69, 9.17) is 9.47 Å². The minimum Gasteiger partial charge on any atom is -0.466 e. The highest BCUT2D eigenvalue weighted by atomic mass is 16.5. The summed E-state index contributed by atoms with van der Waals surface area (Å²) >= 11 is 0. The van der Waals surface area contributed by atoms with Gasteiger partial charge in [0, 0.05) is 6.42 Å². The molecule has 0 rings (SSSR count). The molecule has 0 bridgehead atoms. The van der Waals surface area contributed by atoms with E-state index in [-0.39, 0.29) is 17.9 Å². The van der Waals surface area contributed by atoms with E-state index in [1.165, 1.54) is 51.4 Å². The van der Waals surface area contributed by atoms with Crippen LogP contribution in [0.25, 0.3) is 0 Å². The molecule has 0 saturated carbocycles. The van der Waals surface area contributed by atoms with Gasteiger partial charge in [0.25, 0.3) is 0 Å². The Balaban J connectivity index is 3.50. The summed E-state index contributed by atoms with van der Waals surface area (Å²) in [4.78, 5) is 23.6. The molecular weight excluding hydrogens is 340 g/mol. The van der Waals surface area contributed by atoms with Crippen LogP contribution in [-0.4, -0.2) is 25.2 Å². The zero-order valence-corrected chi connectivity index (χ0v) is 18.2. The molecule has 4 nitrogen and oxygen atoms in total. The summed E-state index contributed by atoms with van der Waals surface area (Å²) in [6.07, 6.45) is 16.0. The van der Waals surface area contributed by atoms with Crippen molar-refractivity contribution in [2.24, 2.45) is 5.92 Å². The molecule has 0 N–H and O–H groups in total. The monoisotopic (exact) mass is 384 g/mol. The lowest BCUT2D eigenvalue weighted by Crippen LogP contribution is -2.16. The van der Waals surface area contributed by atoms with Crippen molar-refractivity contribution in [3.8, 4) is 0 Å². The third-order valence-electron chi connectivity index (χ3n) is 4.92. The van der Waals surface area contributed by atoms with Crippen LogP contribution in [0.15, 0.2) is 0 Å². The minimum atomic E-state index is -0.142. The number of hydrogen-bond acceptors (Lipinski definition) is 4. The largest absolute Gasteiger partial charge is 0.466 e. The lowest BCUT2D eigenvalue weighted by Gasteiger charge is -2.11. The third-order valence-corrected chi connectivity index (χ3v) is 4.92. The minimum absolute atomic E-state index is 0.135. The summed E-state index contributed by atoms with van der Waals surface area (Å²) in [5.41, 5.74) is 0. The van der Waals surface area contributed by atoms with Gasteiger partial charge >= 0.3 is 11.9 Å². The molecule has 1 atom stereocenters. The lowest BCUT2D eigenvalue weighted by molar-refractivity contribution is -0.149. The number of ether oxygens (including phenoxy) is 2. The lowest BCUT2D eigenvalue weighted by atomic mass is 10.0. The van der Waals surface area contributed by atoms with Crippen LogP contribution in [-0.2, 0) is 19.1 Å². The van der Waals surface area contributed by atoms with Gasteiger partial charge in [-0.2, -0.15) is 0 Å². The molecule has 0 spiro atoms. The topological polar surface area (TPSA) is 52.6 Å². The average Bonchev–Trinajstić information content (AvgIpc) is 2.66. The molecule has 0 aliphatic rings. The Morgan fingerprint density at radius 2 is 1.15 bits per heavy atom. The van der Waals surface area contributed by atoms with E-state index in [1.807, 2.05) is 6.92 Å². The first-order chi connectivity index (χ1) is 13.1. The number of rotatable bonds is 19. The van der Waals surface area contributed by atoms with E-state index in [0.29, 0.717) is 32.5 Å². The Morgan fingerprint density at radius 3 is 1.70 bits per heavy atom. The van der Waals surface area contributed by atoms with Gasteiger partial charge in [0.05, 0.1) is 19.1 Å². The van der Waals surface area contributed by atoms with Gasteiger partial charge in [0.15, 0.2) is 0 Å². The number of hydrogen-bond donors (Lipinski definition) is 0. The van der Waals surface area contributed by atoms with E-state index in [1.54, 1.807) is 0 Å². The van der Waals surface area contributed by atoms with E-state index >= 15 is 0 Å². The molecular formula is C23H44O4. The van der Waals surface area contributed by atoms with Gasteiger partial charge in [-0.05, 0) is 25.7 Å². The maximum atomic E-state index is 11.9. The molecule has 0 heterocycles. The van der Waals surface area contributed by atoms with Gasteiger partial charge in [-0.1, -0.05) is 85.0 Å².